The summed E-state index contributed by atoms with van der Waals surface area (Å²) in [5.74, 6) is 0.842. The van der Waals surface area contributed by atoms with E-state index in [1.54, 1.807) is 16.4 Å². The summed E-state index contributed by atoms with van der Waals surface area (Å²) in [6.45, 7) is 0. The maximum absolute atomic E-state index is 13.4. The van der Waals surface area contributed by atoms with E-state index in [0.717, 1.165) is 19.3 Å². The third-order valence-electron chi connectivity index (χ3n) is 7.21. The number of rotatable bonds is 2. The minimum atomic E-state index is -0.266. The van der Waals surface area contributed by atoms with Crippen LogP contribution in [0.25, 0.3) is 5.69 Å². The molecule has 5 nitrogen and oxygen atoms in total. The van der Waals surface area contributed by atoms with Crippen LogP contribution in [0.1, 0.15) is 48.3 Å². The lowest BCUT2D eigenvalue weighted by Crippen LogP contribution is -2.37. The molecule has 0 saturated heterocycles. The van der Waals surface area contributed by atoms with Crippen LogP contribution in [0.15, 0.2) is 64.2 Å². The number of benzene rings is 2. The van der Waals surface area contributed by atoms with Crippen LogP contribution in [0, 0.1) is 5.41 Å². The zero-order chi connectivity index (χ0) is 18.3. The van der Waals surface area contributed by atoms with E-state index in [0.29, 0.717) is 17.5 Å². The van der Waals surface area contributed by atoms with E-state index >= 15 is 0 Å². The maximum atomic E-state index is 13.4. The number of hydrogen-bond acceptors (Lipinski definition) is 2. The molecule has 5 heteroatoms. The molecule has 1 spiro atoms. The smallest absolute Gasteiger partial charge is 0.246 e. The topological polar surface area (TPSA) is 48.9 Å². The lowest BCUT2D eigenvalue weighted by Gasteiger charge is -2.33. The SMILES string of the molecule is Cn1c(=O)n(-c2ccccc2)c(=O)n1C1C2CC(c3ccccc32)C12CC2. The summed E-state index contributed by atoms with van der Waals surface area (Å²) in [5, 5.41) is 0. The molecule has 2 aromatic carbocycles. The molecule has 3 aromatic rings. The van der Waals surface area contributed by atoms with E-state index in [4.69, 9.17) is 0 Å². The second-order valence-corrected chi connectivity index (χ2v) is 8.31. The van der Waals surface area contributed by atoms with Crippen molar-refractivity contribution in [3.63, 3.8) is 0 Å². The largest absolute Gasteiger partial charge is 0.352 e. The molecule has 3 unspecified atom stereocenters. The summed E-state index contributed by atoms with van der Waals surface area (Å²) < 4.78 is 4.63. The predicted octanol–water partition coefficient (Wildman–Crippen LogP) is 2.94. The Balaban J connectivity index is 1.58. The maximum Gasteiger partial charge on any atom is 0.352 e. The van der Waals surface area contributed by atoms with Crippen LogP contribution in [0.2, 0.25) is 0 Å². The van der Waals surface area contributed by atoms with Crippen molar-refractivity contribution in [1.29, 1.82) is 0 Å². The fourth-order valence-corrected chi connectivity index (χ4v) is 5.98. The molecule has 3 aliphatic rings. The summed E-state index contributed by atoms with van der Waals surface area (Å²) in [6.07, 6.45) is 3.38. The van der Waals surface area contributed by atoms with Gasteiger partial charge in [-0.15, -0.1) is 0 Å². The molecule has 2 fully saturated rings. The van der Waals surface area contributed by atoms with Crippen LogP contribution in [-0.2, 0) is 7.05 Å². The Morgan fingerprint density at radius 3 is 2.26 bits per heavy atom. The van der Waals surface area contributed by atoms with Gasteiger partial charge in [0, 0.05) is 18.4 Å². The fourth-order valence-electron chi connectivity index (χ4n) is 5.98. The molecule has 136 valence electrons. The summed E-state index contributed by atoms with van der Waals surface area (Å²) in [5.41, 5.74) is 3.15. The highest BCUT2D eigenvalue weighted by atomic mass is 16.2. The van der Waals surface area contributed by atoms with E-state index < -0.39 is 0 Å². The first-order valence-electron chi connectivity index (χ1n) is 9.68. The lowest BCUT2D eigenvalue weighted by molar-refractivity contribution is 0.245. The van der Waals surface area contributed by atoms with Gasteiger partial charge in [0.05, 0.1) is 11.7 Å². The average Bonchev–Trinajstić information content (AvgIpc) is 3.22. The van der Waals surface area contributed by atoms with E-state index in [1.807, 2.05) is 30.3 Å². The van der Waals surface area contributed by atoms with Crippen LogP contribution >= 0.6 is 0 Å². The van der Waals surface area contributed by atoms with Crippen molar-refractivity contribution in [2.24, 2.45) is 12.5 Å². The molecule has 27 heavy (non-hydrogen) atoms. The molecule has 1 heterocycles. The summed E-state index contributed by atoms with van der Waals surface area (Å²) in [4.78, 5) is 26.4. The van der Waals surface area contributed by atoms with Gasteiger partial charge in [0.25, 0.3) is 0 Å². The Morgan fingerprint density at radius 1 is 0.889 bits per heavy atom. The molecule has 0 N–H and O–H groups in total. The Hall–Kier alpha value is -2.82. The molecule has 6 rings (SSSR count). The Bertz CT molecular complexity index is 1180. The van der Waals surface area contributed by atoms with Gasteiger partial charge in [-0.25, -0.2) is 23.5 Å². The van der Waals surface area contributed by atoms with Gasteiger partial charge in [-0.3, -0.25) is 0 Å². The van der Waals surface area contributed by atoms with Gasteiger partial charge in [0.1, 0.15) is 0 Å². The van der Waals surface area contributed by atoms with Gasteiger partial charge in [-0.1, -0.05) is 42.5 Å². The molecule has 0 aliphatic heterocycles. The molecule has 3 atom stereocenters. The van der Waals surface area contributed by atoms with Gasteiger partial charge >= 0.3 is 11.4 Å². The zero-order valence-corrected chi connectivity index (χ0v) is 15.2. The Kier molecular flexibility index (Phi) is 2.78. The van der Waals surface area contributed by atoms with Crippen molar-refractivity contribution in [1.82, 2.24) is 13.9 Å². The molecule has 2 bridgehead atoms. The Morgan fingerprint density at radius 2 is 1.56 bits per heavy atom. The van der Waals surface area contributed by atoms with Gasteiger partial charge in [0.15, 0.2) is 0 Å². The van der Waals surface area contributed by atoms with Crippen molar-refractivity contribution >= 4 is 0 Å². The lowest BCUT2D eigenvalue weighted by atomic mass is 9.77. The van der Waals surface area contributed by atoms with Gasteiger partial charge in [-0.2, -0.15) is 0 Å². The second-order valence-electron chi connectivity index (χ2n) is 8.31. The van der Waals surface area contributed by atoms with Gasteiger partial charge in [-0.05, 0) is 48.4 Å². The average molecular weight is 359 g/mol. The quantitative estimate of drug-likeness (QED) is 0.706. The number of fused-ring (bicyclic) bond motifs is 6. The van der Waals surface area contributed by atoms with Crippen LogP contribution in [0.3, 0.4) is 0 Å². The number of para-hydroxylation sites is 1. The van der Waals surface area contributed by atoms with Crippen LogP contribution in [0.4, 0.5) is 0 Å². The third kappa shape index (κ3) is 1.75. The van der Waals surface area contributed by atoms with Crippen molar-refractivity contribution in [2.45, 2.75) is 37.1 Å². The fraction of sp³-hybridized carbons (Fsp3) is 0.364. The van der Waals surface area contributed by atoms with Gasteiger partial charge in [0.2, 0.25) is 0 Å². The second kappa shape index (κ2) is 4.91. The number of nitrogens with zero attached hydrogens (tertiary/aromatic N) is 3. The van der Waals surface area contributed by atoms with Crippen molar-refractivity contribution in [3.05, 3.63) is 86.7 Å². The third-order valence-corrected chi connectivity index (χ3v) is 7.21. The van der Waals surface area contributed by atoms with E-state index in [2.05, 4.69) is 24.3 Å². The summed E-state index contributed by atoms with van der Waals surface area (Å²) in [6, 6.07) is 18.0. The molecule has 0 amide bonds. The zero-order valence-electron chi connectivity index (χ0n) is 15.2. The highest BCUT2D eigenvalue weighted by Gasteiger charge is 2.67. The van der Waals surface area contributed by atoms with E-state index in [1.165, 1.54) is 15.7 Å². The Labute approximate surface area is 156 Å². The van der Waals surface area contributed by atoms with Crippen molar-refractivity contribution in [2.75, 3.05) is 0 Å². The van der Waals surface area contributed by atoms with Crippen molar-refractivity contribution < 1.29 is 0 Å². The minimum absolute atomic E-state index is 0.0764. The van der Waals surface area contributed by atoms with E-state index in [9.17, 15) is 9.59 Å². The first kappa shape index (κ1) is 15.3. The van der Waals surface area contributed by atoms with Crippen LogP contribution < -0.4 is 11.4 Å². The van der Waals surface area contributed by atoms with Crippen LogP contribution in [-0.4, -0.2) is 13.9 Å². The first-order chi connectivity index (χ1) is 13.1. The van der Waals surface area contributed by atoms with E-state index in [-0.39, 0.29) is 22.8 Å². The number of hydrogen-bond donors (Lipinski definition) is 0. The summed E-state index contributed by atoms with van der Waals surface area (Å²) >= 11 is 0. The van der Waals surface area contributed by atoms with Crippen LogP contribution in [0.5, 0.6) is 0 Å². The molecule has 0 radical (unpaired) electrons. The molecule has 2 saturated carbocycles. The minimum Gasteiger partial charge on any atom is -0.246 e. The molecular formula is C22H21N3O2. The van der Waals surface area contributed by atoms with Crippen molar-refractivity contribution in [3.8, 4) is 5.69 Å². The summed E-state index contributed by atoms with van der Waals surface area (Å²) in [7, 11) is 1.73. The normalized spacial score (nSPS) is 26.5. The molecule has 3 aliphatic carbocycles. The highest BCUT2D eigenvalue weighted by molar-refractivity contribution is 5.47. The molecule has 1 aromatic heterocycles. The highest BCUT2D eigenvalue weighted by Crippen LogP contribution is 2.76. The first-order valence-corrected chi connectivity index (χ1v) is 9.68. The predicted molar refractivity (Wildman–Crippen MR) is 103 cm³/mol. The van der Waals surface area contributed by atoms with Gasteiger partial charge < -0.3 is 0 Å². The monoisotopic (exact) mass is 359 g/mol. The number of aromatic nitrogens is 3. The standard InChI is InChI=1S/C22H21N3O2/c1-23-20(26)24(14-7-3-2-4-8-14)21(27)25(23)19-17-13-18(22(19)11-12-22)16-10-6-5-9-15(16)17/h2-10,17-19H,11-13H2,1H3. The molecular weight excluding hydrogens is 338 g/mol.